The summed E-state index contributed by atoms with van der Waals surface area (Å²) in [4.78, 5) is 0. The first-order valence-electron chi connectivity index (χ1n) is 9.09. The molecule has 1 N–H and O–H groups in total. The maximum absolute atomic E-state index is 4.58. The number of aromatic nitrogens is 2. The zero-order chi connectivity index (χ0) is 15.2. The van der Waals surface area contributed by atoms with Crippen molar-refractivity contribution in [1.29, 1.82) is 0 Å². The van der Waals surface area contributed by atoms with Crippen LogP contribution in [0.4, 0.5) is 0 Å². The molecule has 0 saturated carbocycles. The molecule has 21 heavy (non-hydrogen) atoms. The Morgan fingerprint density at radius 2 is 1.52 bits per heavy atom. The van der Waals surface area contributed by atoms with Gasteiger partial charge >= 0.3 is 0 Å². The molecule has 0 amide bonds. The van der Waals surface area contributed by atoms with Crippen LogP contribution in [0.5, 0.6) is 0 Å². The zero-order valence-corrected chi connectivity index (χ0v) is 14.2. The second-order valence-electron chi connectivity index (χ2n) is 6.03. The number of rotatable bonds is 14. The Morgan fingerprint density at radius 3 is 2.14 bits per heavy atom. The fourth-order valence-electron chi connectivity index (χ4n) is 2.64. The molecule has 0 radical (unpaired) electrons. The summed E-state index contributed by atoms with van der Waals surface area (Å²) in [5, 5.41) is 7.89. The molecular formula is C18H35N3. The number of hydrogen-bond donors (Lipinski definition) is 1. The van der Waals surface area contributed by atoms with E-state index in [2.05, 4.69) is 41.2 Å². The van der Waals surface area contributed by atoms with E-state index in [4.69, 9.17) is 0 Å². The molecule has 0 saturated heterocycles. The summed E-state index contributed by atoms with van der Waals surface area (Å²) in [5.41, 5.74) is 1.16. The third kappa shape index (κ3) is 9.67. The van der Waals surface area contributed by atoms with Crippen LogP contribution in [-0.2, 0) is 13.1 Å². The summed E-state index contributed by atoms with van der Waals surface area (Å²) >= 11 is 0. The minimum atomic E-state index is 0.890. The van der Waals surface area contributed by atoms with Gasteiger partial charge in [0.2, 0.25) is 0 Å². The van der Waals surface area contributed by atoms with Gasteiger partial charge in [-0.15, -0.1) is 0 Å². The maximum Gasteiger partial charge on any atom is 0.0762 e. The summed E-state index contributed by atoms with van der Waals surface area (Å²) in [6, 6.07) is 2.12. The van der Waals surface area contributed by atoms with Gasteiger partial charge in [-0.3, -0.25) is 4.68 Å². The summed E-state index contributed by atoms with van der Waals surface area (Å²) in [5.74, 6) is 0. The second kappa shape index (κ2) is 12.9. The van der Waals surface area contributed by atoms with E-state index < -0.39 is 0 Å². The quantitative estimate of drug-likeness (QED) is 0.494. The molecule has 1 aromatic rings. The van der Waals surface area contributed by atoms with E-state index in [-0.39, 0.29) is 0 Å². The van der Waals surface area contributed by atoms with Crippen molar-refractivity contribution in [1.82, 2.24) is 15.1 Å². The van der Waals surface area contributed by atoms with E-state index in [1.807, 2.05) is 0 Å². The van der Waals surface area contributed by atoms with Crippen LogP contribution in [0, 0.1) is 0 Å². The first kappa shape index (κ1) is 18.2. The summed E-state index contributed by atoms with van der Waals surface area (Å²) in [6.45, 7) is 7.37. The predicted octanol–water partition coefficient (Wildman–Crippen LogP) is 4.91. The van der Waals surface area contributed by atoms with Crippen molar-refractivity contribution in [3.63, 3.8) is 0 Å². The molecule has 0 fully saturated rings. The van der Waals surface area contributed by atoms with Gasteiger partial charge in [-0.25, -0.2) is 0 Å². The van der Waals surface area contributed by atoms with Crippen molar-refractivity contribution in [3.8, 4) is 0 Å². The first-order chi connectivity index (χ1) is 10.4. The molecule has 1 heterocycles. The van der Waals surface area contributed by atoms with E-state index in [0.29, 0.717) is 0 Å². The molecule has 0 aliphatic rings. The Kier molecular flexibility index (Phi) is 11.2. The molecule has 0 aliphatic heterocycles. The summed E-state index contributed by atoms with van der Waals surface area (Å²) in [7, 11) is 0. The minimum Gasteiger partial charge on any atom is -0.311 e. The lowest BCUT2D eigenvalue weighted by Crippen LogP contribution is -2.12. The van der Waals surface area contributed by atoms with Crippen molar-refractivity contribution < 1.29 is 0 Å². The van der Waals surface area contributed by atoms with Gasteiger partial charge in [-0.1, -0.05) is 71.6 Å². The van der Waals surface area contributed by atoms with Crippen molar-refractivity contribution in [2.75, 3.05) is 6.54 Å². The van der Waals surface area contributed by atoms with Gasteiger partial charge < -0.3 is 5.32 Å². The van der Waals surface area contributed by atoms with Gasteiger partial charge in [0, 0.05) is 19.3 Å². The van der Waals surface area contributed by atoms with Crippen LogP contribution in [0.1, 0.15) is 83.7 Å². The normalized spacial score (nSPS) is 11.1. The maximum atomic E-state index is 4.58. The Labute approximate surface area is 131 Å². The first-order valence-corrected chi connectivity index (χ1v) is 9.09. The molecule has 0 aromatic carbocycles. The second-order valence-corrected chi connectivity index (χ2v) is 6.03. The van der Waals surface area contributed by atoms with E-state index in [9.17, 15) is 0 Å². The molecule has 3 nitrogen and oxygen atoms in total. The van der Waals surface area contributed by atoms with Crippen molar-refractivity contribution in [2.24, 2.45) is 0 Å². The van der Waals surface area contributed by atoms with Gasteiger partial charge in [-0.05, 0) is 19.0 Å². The van der Waals surface area contributed by atoms with E-state index in [1.165, 1.54) is 64.2 Å². The average molecular weight is 293 g/mol. The summed E-state index contributed by atoms with van der Waals surface area (Å²) < 4.78 is 2.09. The molecule has 0 aliphatic carbocycles. The average Bonchev–Trinajstić information content (AvgIpc) is 2.95. The Morgan fingerprint density at radius 1 is 0.905 bits per heavy atom. The molecule has 0 bridgehead atoms. The van der Waals surface area contributed by atoms with E-state index in [1.54, 1.807) is 0 Å². The highest BCUT2D eigenvalue weighted by molar-refractivity contribution is 4.98. The third-order valence-electron chi connectivity index (χ3n) is 3.99. The van der Waals surface area contributed by atoms with Crippen LogP contribution in [0.2, 0.25) is 0 Å². The smallest absolute Gasteiger partial charge is 0.0762 e. The van der Waals surface area contributed by atoms with Crippen LogP contribution >= 0.6 is 0 Å². The standard InChI is InChI=1S/C18H35N3/c1-3-5-6-7-8-9-10-11-12-13-15-21-16-14-18(20-21)17-19-4-2/h14,16,19H,3-13,15,17H2,1-2H3. The Hall–Kier alpha value is -0.830. The Balaban J connectivity index is 1.91. The van der Waals surface area contributed by atoms with Crippen LogP contribution in [0.3, 0.4) is 0 Å². The van der Waals surface area contributed by atoms with Gasteiger partial charge in [0.25, 0.3) is 0 Å². The van der Waals surface area contributed by atoms with Gasteiger partial charge in [0.1, 0.15) is 0 Å². The lowest BCUT2D eigenvalue weighted by Gasteiger charge is -2.03. The number of hydrogen-bond acceptors (Lipinski definition) is 2. The molecular weight excluding hydrogens is 258 g/mol. The lowest BCUT2D eigenvalue weighted by atomic mass is 10.1. The van der Waals surface area contributed by atoms with Crippen molar-refractivity contribution in [3.05, 3.63) is 18.0 Å². The number of unbranched alkanes of at least 4 members (excludes halogenated alkanes) is 9. The highest BCUT2D eigenvalue weighted by atomic mass is 15.3. The fraction of sp³-hybridized carbons (Fsp3) is 0.833. The number of aryl methyl sites for hydroxylation is 1. The van der Waals surface area contributed by atoms with Crippen LogP contribution < -0.4 is 5.32 Å². The monoisotopic (exact) mass is 293 g/mol. The van der Waals surface area contributed by atoms with E-state index >= 15 is 0 Å². The van der Waals surface area contributed by atoms with Crippen molar-refractivity contribution in [2.45, 2.75) is 91.1 Å². The van der Waals surface area contributed by atoms with Crippen LogP contribution in [-0.4, -0.2) is 16.3 Å². The van der Waals surface area contributed by atoms with Gasteiger partial charge in [0.15, 0.2) is 0 Å². The SMILES string of the molecule is CCCCCCCCCCCCn1ccc(CNCC)n1. The Bertz CT molecular complexity index is 333. The van der Waals surface area contributed by atoms with E-state index in [0.717, 1.165) is 25.3 Å². The van der Waals surface area contributed by atoms with Crippen molar-refractivity contribution >= 4 is 0 Å². The van der Waals surface area contributed by atoms with Crippen LogP contribution in [0.15, 0.2) is 12.3 Å². The van der Waals surface area contributed by atoms with Crippen LogP contribution in [0.25, 0.3) is 0 Å². The predicted molar refractivity (Wildman–Crippen MR) is 91.5 cm³/mol. The highest BCUT2D eigenvalue weighted by Crippen LogP contribution is 2.10. The molecule has 1 aromatic heterocycles. The lowest BCUT2D eigenvalue weighted by molar-refractivity contribution is 0.511. The minimum absolute atomic E-state index is 0.890. The molecule has 0 spiro atoms. The third-order valence-corrected chi connectivity index (χ3v) is 3.99. The molecule has 0 unspecified atom stereocenters. The largest absolute Gasteiger partial charge is 0.311 e. The highest BCUT2D eigenvalue weighted by Gasteiger charge is 1.98. The van der Waals surface area contributed by atoms with Gasteiger partial charge in [-0.2, -0.15) is 5.10 Å². The fourth-order valence-corrected chi connectivity index (χ4v) is 2.64. The molecule has 3 heteroatoms. The number of nitrogens with one attached hydrogen (secondary N) is 1. The zero-order valence-electron chi connectivity index (χ0n) is 14.2. The topological polar surface area (TPSA) is 29.9 Å². The molecule has 122 valence electrons. The number of nitrogens with zero attached hydrogens (tertiary/aromatic N) is 2. The van der Waals surface area contributed by atoms with Gasteiger partial charge in [0.05, 0.1) is 5.69 Å². The summed E-state index contributed by atoms with van der Waals surface area (Å²) in [6.07, 6.45) is 16.0. The molecule has 0 atom stereocenters. The molecule has 1 rings (SSSR count).